The molecule has 1 N–H and O–H groups in total. The van der Waals surface area contributed by atoms with E-state index in [9.17, 15) is 0 Å². The van der Waals surface area contributed by atoms with Gasteiger partial charge in [0.2, 0.25) is 5.88 Å². The Morgan fingerprint density at radius 3 is 3.08 bits per heavy atom. The molecule has 3 nitrogen and oxygen atoms in total. The van der Waals surface area contributed by atoms with E-state index in [4.69, 9.17) is 9.84 Å². The predicted molar refractivity (Wildman–Crippen MR) is 53.2 cm³/mol. The second kappa shape index (κ2) is 5.83. The fourth-order valence-electron chi connectivity index (χ4n) is 0.855. The summed E-state index contributed by atoms with van der Waals surface area (Å²) in [4.78, 5) is 4.23. The normalized spacial score (nSPS) is 10.0. The third-order valence-electron chi connectivity index (χ3n) is 1.33. The molecule has 0 atom stereocenters. The van der Waals surface area contributed by atoms with Crippen molar-refractivity contribution in [3.05, 3.63) is 18.2 Å². The summed E-state index contributed by atoms with van der Waals surface area (Å²) < 4.78 is 5.24. The largest absolute Gasteiger partial charge is 0.478 e. The molecule has 0 saturated heterocycles. The highest BCUT2D eigenvalue weighted by molar-refractivity contribution is 7.99. The number of aliphatic hydroxyl groups excluding tert-OH is 1. The SMILES string of the molecule is CCOc1cccc(SCCO)n1. The first-order chi connectivity index (χ1) is 6.36. The van der Waals surface area contributed by atoms with Gasteiger partial charge in [-0.2, -0.15) is 0 Å². The average molecular weight is 199 g/mol. The lowest BCUT2D eigenvalue weighted by Gasteiger charge is -2.03. The Labute approximate surface area is 82.1 Å². The number of rotatable bonds is 5. The Kier molecular flexibility index (Phi) is 4.64. The van der Waals surface area contributed by atoms with Gasteiger partial charge in [0.1, 0.15) is 5.03 Å². The van der Waals surface area contributed by atoms with Gasteiger partial charge in [-0.15, -0.1) is 11.8 Å². The molecule has 0 aromatic carbocycles. The first kappa shape index (κ1) is 10.3. The number of nitrogens with zero attached hydrogens (tertiary/aromatic N) is 1. The lowest BCUT2D eigenvalue weighted by molar-refractivity contribution is 0.321. The zero-order valence-electron chi connectivity index (χ0n) is 7.56. The third-order valence-corrected chi connectivity index (χ3v) is 2.24. The lowest BCUT2D eigenvalue weighted by Crippen LogP contribution is -1.95. The van der Waals surface area contributed by atoms with Gasteiger partial charge >= 0.3 is 0 Å². The zero-order valence-corrected chi connectivity index (χ0v) is 8.38. The molecule has 0 aliphatic carbocycles. The molecule has 1 heterocycles. The lowest BCUT2D eigenvalue weighted by atomic mass is 10.5. The molecule has 1 rings (SSSR count). The number of hydrogen-bond donors (Lipinski definition) is 1. The molecular weight excluding hydrogens is 186 g/mol. The highest BCUT2D eigenvalue weighted by Crippen LogP contribution is 2.17. The molecule has 0 bridgehead atoms. The minimum absolute atomic E-state index is 0.172. The first-order valence-corrected chi connectivity index (χ1v) is 5.19. The van der Waals surface area contributed by atoms with E-state index in [0.29, 0.717) is 18.2 Å². The molecule has 72 valence electrons. The maximum absolute atomic E-state index is 8.62. The average Bonchev–Trinajstić information content (AvgIpc) is 2.16. The number of aromatic nitrogens is 1. The monoisotopic (exact) mass is 199 g/mol. The standard InChI is InChI=1S/C9H13NO2S/c1-2-12-8-4-3-5-9(10-8)13-7-6-11/h3-5,11H,2,6-7H2,1H3. The molecule has 0 fully saturated rings. The molecule has 0 aliphatic heterocycles. The van der Waals surface area contributed by atoms with Gasteiger partial charge < -0.3 is 9.84 Å². The smallest absolute Gasteiger partial charge is 0.214 e. The van der Waals surface area contributed by atoms with Gasteiger partial charge in [-0.25, -0.2) is 4.98 Å². The van der Waals surface area contributed by atoms with Crippen LogP contribution in [0.25, 0.3) is 0 Å². The van der Waals surface area contributed by atoms with E-state index < -0.39 is 0 Å². The zero-order chi connectivity index (χ0) is 9.52. The van der Waals surface area contributed by atoms with Crippen molar-refractivity contribution in [2.24, 2.45) is 0 Å². The van der Waals surface area contributed by atoms with E-state index >= 15 is 0 Å². The van der Waals surface area contributed by atoms with Gasteiger partial charge in [0, 0.05) is 11.8 Å². The Bertz CT molecular complexity index is 255. The summed E-state index contributed by atoms with van der Waals surface area (Å²) in [7, 11) is 0. The van der Waals surface area contributed by atoms with Crippen LogP contribution < -0.4 is 4.74 Å². The van der Waals surface area contributed by atoms with Crippen LogP contribution in [0, 0.1) is 0 Å². The maximum Gasteiger partial charge on any atom is 0.214 e. The second-order valence-corrected chi connectivity index (χ2v) is 3.43. The molecular formula is C9H13NO2S. The van der Waals surface area contributed by atoms with Crippen molar-refractivity contribution < 1.29 is 9.84 Å². The molecule has 13 heavy (non-hydrogen) atoms. The highest BCUT2D eigenvalue weighted by atomic mass is 32.2. The van der Waals surface area contributed by atoms with Crippen molar-refractivity contribution in [2.75, 3.05) is 19.0 Å². The summed E-state index contributed by atoms with van der Waals surface area (Å²) in [6.45, 7) is 2.72. The molecule has 0 aliphatic rings. The topological polar surface area (TPSA) is 42.4 Å². The van der Waals surface area contributed by atoms with Crippen LogP contribution in [-0.2, 0) is 0 Å². The van der Waals surface area contributed by atoms with E-state index in [0.717, 1.165) is 5.03 Å². The fraction of sp³-hybridized carbons (Fsp3) is 0.444. The Hall–Kier alpha value is -0.740. The van der Waals surface area contributed by atoms with Crippen LogP contribution in [-0.4, -0.2) is 29.1 Å². The van der Waals surface area contributed by atoms with Crippen molar-refractivity contribution >= 4 is 11.8 Å². The van der Waals surface area contributed by atoms with E-state index in [-0.39, 0.29) is 6.61 Å². The van der Waals surface area contributed by atoms with Crippen molar-refractivity contribution in [2.45, 2.75) is 11.9 Å². The number of thioether (sulfide) groups is 1. The van der Waals surface area contributed by atoms with Gasteiger partial charge in [-0.3, -0.25) is 0 Å². The summed E-state index contributed by atoms with van der Waals surface area (Å²) in [6, 6.07) is 5.63. The van der Waals surface area contributed by atoms with Crippen LogP contribution in [0.4, 0.5) is 0 Å². The summed E-state index contributed by atoms with van der Waals surface area (Å²) in [5.74, 6) is 1.31. The van der Waals surface area contributed by atoms with Crippen molar-refractivity contribution in [1.29, 1.82) is 0 Å². The second-order valence-electron chi connectivity index (χ2n) is 2.32. The number of ether oxygens (including phenoxy) is 1. The fourth-order valence-corrected chi connectivity index (χ4v) is 1.48. The van der Waals surface area contributed by atoms with Crippen LogP contribution in [0.2, 0.25) is 0 Å². The van der Waals surface area contributed by atoms with Gasteiger partial charge in [-0.05, 0) is 13.0 Å². The minimum Gasteiger partial charge on any atom is -0.478 e. The van der Waals surface area contributed by atoms with Crippen molar-refractivity contribution in [3.8, 4) is 5.88 Å². The summed E-state index contributed by atoms with van der Waals surface area (Å²) in [5, 5.41) is 9.51. The van der Waals surface area contributed by atoms with Gasteiger partial charge in [0.05, 0.1) is 13.2 Å². The van der Waals surface area contributed by atoms with E-state index in [1.807, 2.05) is 25.1 Å². The Balaban J connectivity index is 2.56. The van der Waals surface area contributed by atoms with E-state index in [1.165, 1.54) is 11.8 Å². The van der Waals surface area contributed by atoms with Crippen LogP contribution in [0.3, 0.4) is 0 Å². The molecule has 0 amide bonds. The number of aliphatic hydroxyl groups is 1. The number of pyridine rings is 1. The highest BCUT2D eigenvalue weighted by Gasteiger charge is 1.97. The van der Waals surface area contributed by atoms with Crippen molar-refractivity contribution in [1.82, 2.24) is 4.98 Å². The van der Waals surface area contributed by atoms with Crippen molar-refractivity contribution in [3.63, 3.8) is 0 Å². The summed E-state index contributed by atoms with van der Waals surface area (Å²) >= 11 is 1.52. The van der Waals surface area contributed by atoms with Gasteiger partial charge in [0.15, 0.2) is 0 Å². The minimum atomic E-state index is 0.172. The predicted octanol–water partition coefficient (Wildman–Crippen LogP) is 1.56. The number of hydrogen-bond acceptors (Lipinski definition) is 4. The van der Waals surface area contributed by atoms with Gasteiger partial charge in [0.25, 0.3) is 0 Å². The Morgan fingerprint density at radius 1 is 1.54 bits per heavy atom. The third kappa shape index (κ3) is 3.65. The van der Waals surface area contributed by atoms with Crippen LogP contribution in [0.5, 0.6) is 5.88 Å². The first-order valence-electron chi connectivity index (χ1n) is 4.20. The van der Waals surface area contributed by atoms with Crippen LogP contribution in [0.1, 0.15) is 6.92 Å². The summed E-state index contributed by atoms with van der Waals surface area (Å²) in [5.41, 5.74) is 0. The quantitative estimate of drug-likeness (QED) is 0.731. The molecule has 0 unspecified atom stereocenters. The van der Waals surface area contributed by atoms with E-state index in [1.54, 1.807) is 0 Å². The molecule has 0 spiro atoms. The molecule has 0 saturated carbocycles. The van der Waals surface area contributed by atoms with Crippen LogP contribution >= 0.6 is 11.8 Å². The van der Waals surface area contributed by atoms with Crippen LogP contribution in [0.15, 0.2) is 23.2 Å². The van der Waals surface area contributed by atoms with E-state index in [2.05, 4.69) is 4.98 Å². The molecule has 4 heteroatoms. The summed E-state index contributed by atoms with van der Waals surface area (Å²) in [6.07, 6.45) is 0. The maximum atomic E-state index is 8.62. The molecule has 1 aromatic rings. The molecule has 0 radical (unpaired) electrons. The van der Waals surface area contributed by atoms with Gasteiger partial charge in [-0.1, -0.05) is 6.07 Å². The molecule has 1 aromatic heterocycles. The Morgan fingerprint density at radius 2 is 2.38 bits per heavy atom.